The first-order valence-electron chi connectivity index (χ1n) is 7.12. The maximum atomic E-state index is 12.1. The van der Waals surface area contributed by atoms with Gasteiger partial charge in [-0.1, -0.05) is 30.3 Å². The molecule has 7 heteroatoms. The lowest BCUT2D eigenvalue weighted by Gasteiger charge is -2.07. The van der Waals surface area contributed by atoms with Crippen LogP contribution in [0.5, 0.6) is 0 Å². The van der Waals surface area contributed by atoms with Crippen molar-refractivity contribution in [1.82, 2.24) is 0 Å². The van der Waals surface area contributed by atoms with Crippen molar-refractivity contribution in [3.05, 3.63) is 65.7 Å². The molecule has 0 aromatic heterocycles. The second-order valence-electron chi connectivity index (χ2n) is 5.13. The molecular formula is C17H17NO5S. The summed E-state index contributed by atoms with van der Waals surface area (Å²) in [5, 5.41) is 2.54. The molecule has 126 valence electrons. The maximum absolute atomic E-state index is 12.1. The van der Waals surface area contributed by atoms with Crippen molar-refractivity contribution in [2.24, 2.45) is 0 Å². The Balaban J connectivity index is 1.98. The number of esters is 1. The summed E-state index contributed by atoms with van der Waals surface area (Å²) in [6, 6.07) is 14.7. The van der Waals surface area contributed by atoms with E-state index in [4.69, 9.17) is 0 Å². The van der Waals surface area contributed by atoms with Crippen LogP contribution in [0.3, 0.4) is 0 Å². The monoisotopic (exact) mass is 347 g/mol. The summed E-state index contributed by atoms with van der Waals surface area (Å²) in [4.78, 5) is 23.2. The van der Waals surface area contributed by atoms with Crippen molar-refractivity contribution in [1.29, 1.82) is 0 Å². The number of amides is 1. The molecule has 6 nitrogen and oxygen atoms in total. The van der Waals surface area contributed by atoms with Gasteiger partial charge in [0.15, 0.2) is 9.84 Å². The number of carbonyl (C=O) groups excluding carboxylic acids is 2. The van der Waals surface area contributed by atoms with E-state index in [0.29, 0.717) is 16.8 Å². The SMILES string of the molecule is COC(=O)c1ccc(CS(=O)(=O)CC(=O)Nc2ccccc2)cc1. The van der Waals surface area contributed by atoms with E-state index in [-0.39, 0.29) is 5.75 Å². The third-order valence-electron chi connectivity index (χ3n) is 3.17. The van der Waals surface area contributed by atoms with Crippen LogP contribution in [0, 0.1) is 0 Å². The van der Waals surface area contributed by atoms with Crippen LogP contribution in [0.15, 0.2) is 54.6 Å². The van der Waals surface area contributed by atoms with E-state index >= 15 is 0 Å². The summed E-state index contributed by atoms with van der Waals surface area (Å²) < 4.78 is 28.8. The van der Waals surface area contributed by atoms with Gasteiger partial charge in [0.25, 0.3) is 0 Å². The summed E-state index contributed by atoms with van der Waals surface area (Å²) in [5.41, 5.74) is 1.37. The van der Waals surface area contributed by atoms with Gasteiger partial charge in [-0.25, -0.2) is 13.2 Å². The van der Waals surface area contributed by atoms with Crippen molar-refractivity contribution in [2.45, 2.75) is 5.75 Å². The molecule has 1 N–H and O–H groups in total. The minimum atomic E-state index is -3.62. The maximum Gasteiger partial charge on any atom is 0.337 e. The van der Waals surface area contributed by atoms with Crippen LogP contribution in [-0.4, -0.2) is 33.2 Å². The van der Waals surface area contributed by atoms with E-state index in [2.05, 4.69) is 10.1 Å². The highest BCUT2D eigenvalue weighted by Gasteiger charge is 2.18. The van der Waals surface area contributed by atoms with Crippen molar-refractivity contribution < 1.29 is 22.7 Å². The molecule has 0 atom stereocenters. The summed E-state index contributed by atoms with van der Waals surface area (Å²) in [7, 11) is -2.35. The Morgan fingerprint density at radius 1 is 1.00 bits per heavy atom. The number of ether oxygens (including phenoxy) is 1. The van der Waals surface area contributed by atoms with Gasteiger partial charge in [0, 0.05) is 5.69 Å². The lowest BCUT2D eigenvalue weighted by molar-refractivity contribution is -0.113. The Bertz CT molecular complexity index is 814. The molecule has 0 fully saturated rings. The molecule has 24 heavy (non-hydrogen) atoms. The highest BCUT2D eigenvalue weighted by atomic mass is 32.2. The van der Waals surface area contributed by atoms with Crippen molar-refractivity contribution >= 4 is 27.4 Å². The normalized spacial score (nSPS) is 10.9. The van der Waals surface area contributed by atoms with Crippen LogP contribution in [0.1, 0.15) is 15.9 Å². The minimum Gasteiger partial charge on any atom is -0.465 e. The predicted molar refractivity (Wildman–Crippen MR) is 90.3 cm³/mol. The van der Waals surface area contributed by atoms with Crippen LogP contribution < -0.4 is 5.32 Å². The summed E-state index contributed by atoms with van der Waals surface area (Å²) in [6.07, 6.45) is 0. The van der Waals surface area contributed by atoms with Crippen molar-refractivity contribution in [2.75, 3.05) is 18.2 Å². The molecule has 1 amide bonds. The standard InChI is InChI=1S/C17H17NO5S/c1-23-17(20)14-9-7-13(8-10-14)11-24(21,22)12-16(19)18-15-5-3-2-4-6-15/h2-10H,11-12H2,1H3,(H,18,19). The Morgan fingerprint density at radius 3 is 2.21 bits per heavy atom. The highest BCUT2D eigenvalue weighted by Crippen LogP contribution is 2.11. The fourth-order valence-corrected chi connectivity index (χ4v) is 3.35. The van der Waals surface area contributed by atoms with E-state index in [1.165, 1.54) is 31.4 Å². The van der Waals surface area contributed by atoms with Gasteiger partial charge in [-0.15, -0.1) is 0 Å². The third-order valence-corrected chi connectivity index (χ3v) is 4.65. The molecule has 0 bridgehead atoms. The van der Waals surface area contributed by atoms with Gasteiger partial charge in [-0.05, 0) is 29.8 Å². The quantitative estimate of drug-likeness (QED) is 0.808. The van der Waals surface area contributed by atoms with Crippen LogP contribution in [0.2, 0.25) is 0 Å². The lowest BCUT2D eigenvalue weighted by Crippen LogP contribution is -2.23. The fraction of sp³-hybridized carbons (Fsp3) is 0.176. The zero-order chi connectivity index (χ0) is 17.6. The van der Waals surface area contributed by atoms with Gasteiger partial charge < -0.3 is 10.1 Å². The van der Waals surface area contributed by atoms with Gasteiger partial charge in [-0.2, -0.15) is 0 Å². The Hall–Kier alpha value is -2.67. The van der Waals surface area contributed by atoms with Crippen molar-refractivity contribution in [3.63, 3.8) is 0 Å². The zero-order valence-corrected chi connectivity index (χ0v) is 13.9. The Labute approximate surface area is 140 Å². The Kier molecular flexibility index (Phi) is 5.70. The molecule has 2 rings (SSSR count). The number of rotatable bonds is 6. The second kappa shape index (κ2) is 7.74. The summed E-state index contributed by atoms with van der Waals surface area (Å²) in [5.74, 6) is -1.98. The molecule has 0 heterocycles. The smallest absolute Gasteiger partial charge is 0.337 e. The number of hydrogen-bond acceptors (Lipinski definition) is 5. The first kappa shape index (κ1) is 17.7. The average molecular weight is 347 g/mol. The van der Waals surface area contributed by atoms with Crippen molar-refractivity contribution in [3.8, 4) is 0 Å². The van der Waals surface area contributed by atoms with Crippen LogP contribution in [-0.2, 0) is 25.1 Å². The topological polar surface area (TPSA) is 89.5 Å². The van der Waals surface area contributed by atoms with Gasteiger partial charge in [-0.3, -0.25) is 4.79 Å². The molecule has 0 spiro atoms. The van der Waals surface area contributed by atoms with Gasteiger partial charge >= 0.3 is 5.97 Å². The van der Waals surface area contributed by atoms with E-state index in [1.807, 2.05) is 0 Å². The van der Waals surface area contributed by atoms with Crippen LogP contribution in [0.4, 0.5) is 5.69 Å². The van der Waals surface area contributed by atoms with Crippen LogP contribution >= 0.6 is 0 Å². The predicted octanol–water partition coefficient (Wildman–Crippen LogP) is 2.03. The number of carbonyl (C=O) groups is 2. The molecule has 0 aliphatic rings. The molecule has 0 radical (unpaired) electrons. The Morgan fingerprint density at radius 2 is 1.62 bits per heavy atom. The van der Waals surface area contributed by atoms with Gasteiger partial charge in [0.2, 0.25) is 5.91 Å². The molecule has 0 unspecified atom stereocenters. The molecule has 0 aliphatic heterocycles. The molecule has 0 aliphatic carbocycles. The van der Waals surface area contributed by atoms with E-state index in [0.717, 1.165) is 0 Å². The van der Waals surface area contributed by atoms with Gasteiger partial charge in [0.1, 0.15) is 5.75 Å². The van der Waals surface area contributed by atoms with Gasteiger partial charge in [0.05, 0.1) is 18.4 Å². The first-order chi connectivity index (χ1) is 11.4. The zero-order valence-electron chi connectivity index (χ0n) is 13.1. The number of methoxy groups -OCH3 is 1. The minimum absolute atomic E-state index is 0.281. The molecule has 0 saturated carbocycles. The molecular weight excluding hydrogens is 330 g/mol. The van der Waals surface area contributed by atoms with E-state index in [1.54, 1.807) is 30.3 Å². The number of sulfone groups is 1. The first-order valence-corrected chi connectivity index (χ1v) is 8.94. The number of hydrogen-bond donors (Lipinski definition) is 1. The number of benzene rings is 2. The molecule has 2 aromatic carbocycles. The third kappa shape index (κ3) is 5.20. The molecule has 0 saturated heterocycles. The van der Waals surface area contributed by atoms with E-state index in [9.17, 15) is 18.0 Å². The summed E-state index contributed by atoms with van der Waals surface area (Å²) in [6.45, 7) is 0. The molecule has 2 aromatic rings. The number of anilines is 1. The average Bonchev–Trinajstić information content (AvgIpc) is 2.54. The largest absolute Gasteiger partial charge is 0.465 e. The number of nitrogens with one attached hydrogen (secondary N) is 1. The number of para-hydroxylation sites is 1. The van der Waals surface area contributed by atoms with Crippen LogP contribution in [0.25, 0.3) is 0 Å². The summed E-state index contributed by atoms with van der Waals surface area (Å²) >= 11 is 0. The van der Waals surface area contributed by atoms with E-state index < -0.39 is 27.5 Å². The second-order valence-corrected chi connectivity index (χ2v) is 7.20. The lowest BCUT2D eigenvalue weighted by atomic mass is 10.1. The highest BCUT2D eigenvalue weighted by molar-refractivity contribution is 7.91. The fourth-order valence-electron chi connectivity index (χ4n) is 2.08.